The summed E-state index contributed by atoms with van der Waals surface area (Å²) in [5.74, 6) is -2.29. The molecule has 1 aromatic carbocycles. The van der Waals surface area contributed by atoms with Crippen molar-refractivity contribution in [2.75, 3.05) is 19.8 Å². The van der Waals surface area contributed by atoms with Gasteiger partial charge in [0.15, 0.2) is 0 Å². The first-order chi connectivity index (χ1) is 14.4. The molecule has 7 nitrogen and oxygen atoms in total. The molecule has 8 heteroatoms. The molecule has 2 amide bonds. The van der Waals surface area contributed by atoms with E-state index in [-0.39, 0.29) is 49.8 Å². The van der Waals surface area contributed by atoms with Gasteiger partial charge >= 0.3 is 5.97 Å². The topological polar surface area (TPSA) is 105 Å². The molecular weight excluding hydrogens is 391 g/mol. The normalized spacial score (nSPS) is 24.0. The number of esters is 1. The standard InChI is InChI=1S/C22H29FN2O5/c1-15-14-30-22(29)18(12-16-6-8-19(23)9-7-16)5-3-2-4-17(21(28)25-15)13-20(27)24-10-11-26/h2-3,6-9,15,17-18,26H,4-5,10-14H2,1H3,(H,24,27)(H,25,28)/b3-2-/t15-,17+,18-/m0/s1. The summed E-state index contributed by atoms with van der Waals surface area (Å²) in [5, 5.41) is 14.1. The first-order valence-electron chi connectivity index (χ1n) is 10.1. The number of aliphatic hydroxyl groups excluding tert-OH is 1. The number of carbonyl (C=O) groups excluding carboxylic acids is 3. The molecule has 0 fully saturated rings. The quantitative estimate of drug-likeness (QED) is 0.478. The highest BCUT2D eigenvalue weighted by Crippen LogP contribution is 2.18. The van der Waals surface area contributed by atoms with Gasteiger partial charge in [0.05, 0.1) is 24.5 Å². The van der Waals surface area contributed by atoms with Gasteiger partial charge in [-0.2, -0.15) is 0 Å². The predicted molar refractivity (Wildman–Crippen MR) is 109 cm³/mol. The van der Waals surface area contributed by atoms with Crippen LogP contribution in [0.3, 0.4) is 0 Å². The molecular formula is C22H29FN2O5. The van der Waals surface area contributed by atoms with Gasteiger partial charge in [0, 0.05) is 13.0 Å². The largest absolute Gasteiger partial charge is 0.463 e. The number of ether oxygens (including phenoxy) is 1. The van der Waals surface area contributed by atoms with Gasteiger partial charge in [0.1, 0.15) is 12.4 Å². The summed E-state index contributed by atoms with van der Waals surface area (Å²) in [6.07, 6.45) is 4.78. The van der Waals surface area contributed by atoms with E-state index in [0.717, 1.165) is 5.56 Å². The number of halogens is 1. The van der Waals surface area contributed by atoms with E-state index in [1.807, 2.05) is 6.08 Å². The third kappa shape index (κ3) is 7.94. The predicted octanol–water partition coefficient (Wildman–Crippen LogP) is 1.50. The maximum Gasteiger partial charge on any atom is 0.309 e. The van der Waals surface area contributed by atoms with Crippen molar-refractivity contribution in [3.05, 3.63) is 47.8 Å². The van der Waals surface area contributed by atoms with Gasteiger partial charge in [-0.25, -0.2) is 4.39 Å². The van der Waals surface area contributed by atoms with Crippen LogP contribution in [0.4, 0.5) is 4.39 Å². The van der Waals surface area contributed by atoms with E-state index in [4.69, 9.17) is 9.84 Å². The van der Waals surface area contributed by atoms with Crippen molar-refractivity contribution in [1.82, 2.24) is 10.6 Å². The van der Waals surface area contributed by atoms with Crippen molar-refractivity contribution in [2.45, 2.75) is 38.6 Å². The Hall–Kier alpha value is -2.74. The molecule has 1 aliphatic rings. The van der Waals surface area contributed by atoms with Crippen LogP contribution in [0.15, 0.2) is 36.4 Å². The number of carbonyl (C=O) groups is 3. The minimum Gasteiger partial charge on any atom is -0.463 e. The van der Waals surface area contributed by atoms with Crippen molar-refractivity contribution < 1.29 is 28.6 Å². The Morgan fingerprint density at radius 3 is 2.53 bits per heavy atom. The monoisotopic (exact) mass is 420 g/mol. The summed E-state index contributed by atoms with van der Waals surface area (Å²) < 4.78 is 18.5. The van der Waals surface area contributed by atoms with E-state index in [1.54, 1.807) is 25.1 Å². The molecule has 30 heavy (non-hydrogen) atoms. The molecule has 0 bridgehead atoms. The number of amides is 2. The van der Waals surface area contributed by atoms with E-state index >= 15 is 0 Å². The number of hydrogen-bond acceptors (Lipinski definition) is 5. The van der Waals surface area contributed by atoms with Gasteiger partial charge in [0.25, 0.3) is 0 Å². The van der Waals surface area contributed by atoms with Gasteiger partial charge < -0.3 is 20.5 Å². The van der Waals surface area contributed by atoms with E-state index in [1.165, 1.54) is 12.1 Å². The average molecular weight is 420 g/mol. The average Bonchev–Trinajstić information content (AvgIpc) is 2.72. The van der Waals surface area contributed by atoms with Gasteiger partial charge in [-0.05, 0) is 43.9 Å². The minimum atomic E-state index is -0.562. The number of hydrogen-bond donors (Lipinski definition) is 3. The zero-order valence-electron chi connectivity index (χ0n) is 17.1. The molecule has 0 saturated heterocycles. The van der Waals surface area contributed by atoms with Crippen LogP contribution in [0.5, 0.6) is 0 Å². The number of nitrogens with one attached hydrogen (secondary N) is 2. The molecule has 0 radical (unpaired) electrons. The lowest BCUT2D eigenvalue weighted by Gasteiger charge is -2.22. The molecule has 2 rings (SSSR count). The van der Waals surface area contributed by atoms with Crippen molar-refractivity contribution >= 4 is 17.8 Å². The second kappa shape index (κ2) is 12.1. The first-order valence-corrected chi connectivity index (χ1v) is 10.1. The van der Waals surface area contributed by atoms with E-state index in [9.17, 15) is 18.8 Å². The highest BCUT2D eigenvalue weighted by molar-refractivity contribution is 5.86. The Morgan fingerprint density at radius 1 is 1.20 bits per heavy atom. The fraction of sp³-hybridized carbons (Fsp3) is 0.500. The maximum absolute atomic E-state index is 13.1. The molecule has 3 N–H and O–H groups in total. The molecule has 1 heterocycles. The summed E-state index contributed by atoms with van der Waals surface area (Å²) in [7, 11) is 0. The Labute approximate surface area is 175 Å². The smallest absolute Gasteiger partial charge is 0.309 e. The number of cyclic esters (lactones) is 1. The summed E-state index contributed by atoms with van der Waals surface area (Å²) in [5.41, 5.74) is 0.832. The van der Waals surface area contributed by atoms with Crippen molar-refractivity contribution in [3.63, 3.8) is 0 Å². The molecule has 0 spiro atoms. The minimum absolute atomic E-state index is 0.00168. The number of rotatable bonds is 6. The summed E-state index contributed by atoms with van der Waals surface area (Å²) in [4.78, 5) is 37.0. The van der Waals surface area contributed by atoms with Gasteiger partial charge in [0.2, 0.25) is 11.8 Å². The fourth-order valence-electron chi connectivity index (χ4n) is 3.19. The second-order valence-corrected chi connectivity index (χ2v) is 7.48. The molecule has 3 atom stereocenters. The Morgan fingerprint density at radius 2 is 1.87 bits per heavy atom. The Bertz CT molecular complexity index is 750. The fourth-order valence-corrected chi connectivity index (χ4v) is 3.19. The van der Waals surface area contributed by atoms with Crippen molar-refractivity contribution in [2.24, 2.45) is 11.8 Å². The van der Waals surface area contributed by atoms with Crippen LogP contribution < -0.4 is 10.6 Å². The molecule has 1 aromatic rings. The lowest BCUT2D eigenvalue weighted by molar-refractivity contribution is -0.149. The summed E-state index contributed by atoms with van der Waals surface area (Å²) >= 11 is 0. The van der Waals surface area contributed by atoms with Crippen molar-refractivity contribution in [1.29, 1.82) is 0 Å². The van der Waals surface area contributed by atoms with Gasteiger partial charge in [-0.15, -0.1) is 0 Å². The molecule has 0 aliphatic carbocycles. The van der Waals surface area contributed by atoms with Gasteiger partial charge in [-0.1, -0.05) is 24.3 Å². The lowest BCUT2D eigenvalue weighted by Crippen LogP contribution is -2.42. The second-order valence-electron chi connectivity index (χ2n) is 7.48. The van der Waals surface area contributed by atoms with Crippen LogP contribution in [-0.2, 0) is 25.5 Å². The third-order valence-corrected chi connectivity index (χ3v) is 4.84. The molecule has 1 aliphatic heterocycles. The number of benzene rings is 1. The lowest BCUT2D eigenvalue weighted by atomic mass is 9.94. The summed E-state index contributed by atoms with van der Waals surface area (Å²) in [6, 6.07) is 5.60. The highest BCUT2D eigenvalue weighted by atomic mass is 19.1. The maximum atomic E-state index is 13.1. The van der Waals surface area contributed by atoms with Crippen LogP contribution in [-0.4, -0.2) is 48.7 Å². The Balaban J connectivity index is 2.08. The van der Waals surface area contributed by atoms with Crippen molar-refractivity contribution in [3.8, 4) is 0 Å². The Kier molecular flexibility index (Phi) is 9.47. The first kappa shape index (κ1) is 23.5. The van der Waals surface area contributed by atoms with Crippen LogP contribution in [0.25, 0.3) is 0 Å². The zero-order valence-corrected chi connectivity index (χ0v) is 17.1. The molecule has 0 saturated carbocycles. The van der Waals surface area contributed by atoms with Crippen LogP contribution in [0.1, 0.15) is 31.7 Å². The van der Waals surface area contributed by atoms with Crippen LogP contribution in [0.2, 0.25) is 0 Å². The van der Waals surface area contributed by atoms with E-state index in [0.29, 0.717) is 19.3 Å². The van der Waals surface area contributed by atoms with Gasteiger partial charge in [-0.3, -0.25) is 14.4 Å². The third-order valence-electron chi connectivity index (χ3n) is 4.84. The molecule has 0 unspecified atom stereocenters. The molecule has 0 aromatic heterocycles. The van der Waals surface area contributed by atoms with E-state index in [2.05, 4.69) is 10.6 Å². The highest BCUT2D eigenvalue weighted by Gasteiger charge is 2.25. The SMILES string of the molecule is C[C@H]1COC(=O)[C@H](Cc2ccc(F)cc2)C/C=C\C[C@H](CC(=O)NCCO)C(=O)N1. The van der Waals surface area contributed by atoms with Crippen LogP contribution >= 0.6 is 0 Å². The number of aliphatic hydroxyl groups is 1. The molecule has 164 valence electrons. The zero-order chi connectivity index (χ0) is 21.9. The summed E-state index contributed by atoms with van der Waals surface area (Å²) in [6.45, 7) is 1.73. The van der Waals surface area contributed by atoms with Crippen LogP contribution in [0, 0.1) is 17.7 Å². The van der Waals surface area contributed by atoms with E-state index < -0.39 is 17.9 Å². The number of allylic oxidation sites excluding steroid dienone is 2.